The van der Waals surface area contributed by atoms with E-state index >= 15 is 0 Å². The molecule has 2 aromatic heterocycles. The predicted molar refractivity (Wildman–Crippen MR) is 218 cm³/mol. The van der Waals surface area contributed by atoms with Crippen molar-refractivity contribution in [3.63, 3.8) is 0 Å². The van der Waals surface area contributed by atoms with Crippen LogP contribution in [0.3, 0.4) is 0 Å². The van der Waals surface area contributed by atoms with Crippen LogP contribution in [0.2, 0.25) is 0 Å². The first-order chi connectivity index (χ1) is 24.3. The molecule has 0 amide bonds. The molecule has 2 aliphatic rings. The van der Waals surface area contributed by atoms with Crippen LogP contribution in [0.1, 0.15) is 109 Å². The van der Waals surface area contributed by atoms with Crippen LogP contribution in [-0.2, 0) is 10.8 Å². The van der Waals surface area contributed by atoms with E-state index in [2.05, 4.69) is 163 Å². The van der Waals surface area contributed by atoms with Gasteiger partial charge in [0.15, 0.2) is 0 Å². The molecule has 0 fully saturated rings. The number of rotatable bonds is 6. The van der Waals surface area contributed by atoms with Crippen LogP contribution in [0.4, 0.5) is 0 Å². The Kier molecular flexibility index (Phi) is 8.11. The van der Waals surface area contributed by atoms with Crippen LogP contribution < -0.4 is 0 Å². The third-order valence-corrected chi connectivity index (χ3v) is 13.7. The van der Waals surface area contributed by atoms with Crippen molar-refractivity contribution in [2.75, 3.05) is 0 Å². The minimum atomic E-state index is -0.916. The van der Waals surface area contributed by atoms with Gasteiger partial charge in [0.25, 0.3) is 0 Å². The second-order valence-electron chi connectivity index (χ2n) is 16.6. The Morgan fingerprint density at radius 3 is 1.20 bits per heavy atom. The maximum Gasteiger partial charge on any atom is 0.130 e. The number of aryl methyl sites for hydroxylation is 2. The zero-order valence-electron chi connectivity index (χ0n) is 31.2. The Hall–Kier alpha value is -4.86. The van der Waals surface area contributed by atoms with Crippen molar-refractivity contribution in [2.45, 2.75) is 77.3 Å². The van der Waals surface area contributed by atoms with Crippen molar-refractivity contribution in [1.29, 1.82) is 0 Å². The highest BCUT2D eigenvalue weighted by atomic mass is 28.2. The van der Waals surface area contributed by atoms with E-state index in [0.29, 0.717) is 0 Å². The van der Waals surface area contributed by atoms with Crippen molar-refractivity contribution >= 4 is 32.8 Å². The average molecular weight is 685 g/mol. The molecular weight excluding hydrogens is 637 g/mol. The normalized spacial score (nSPS) is 17.2. The fourth-order valence-electron chi connectivity index (χ4n) is 8.15. The van der Waals surface area contributed by atoms with Gasteiger partial charge in [-0.15, -0.1) is 0 Å². The van der Waals surface area contributed by atoms with Gasteiger partial charge >= 0.3 is 0 Å². The van der Waals surface area contributed by atoms with E-state index in [9.17, 15) is 0 Å². The molecule has 2 aliphatic carbocycles. The number of allylic oxidation sites excluding steroid dienone is 2. The van der Waals surface area contributed by atoms with Crippen molar-refractivity contribution in [3.05, 3.63) is 166 Å². The molecule has 2 atom stereocenters. The number of furan rings is 2. The quantitative estimate of drug-likeness (QED) is 0.163. The van der Waals surface area contributed by atoms with Crippen LogP contribution in [-0.4, -0.2) is 9.52 Å². The fourth-order valence-corrected chi connectivity index (χ4v) is 11.0. The van der Waals surface area contributed by atoms with Gasteiger partial charge in [-0.3, -0.25) is 0 Å². The SMILES string of the molecule is Cc1ccc(C2=Cc3c(-c4ccc(C(C)(C)C)cc4)cccc3C2[SiH2]C2C(c3ccc(C)o3)=Cc3c(-c4ccc(C(C)(C)C)cc4)cccc32)o1. The lowest BCUT2D eigenvalue weighted by Gasteiger charge is -2.23. The fraction of sp³-hybridized carbons (Fsp3) is 0.250. The molecule has 0 N–H and O–H groups in total. The minimum absolute atomic E-state index is 0.114. The van der Waals surface area contributed by atoms with Crippen LogP contribution in [0.5, 0.6) is 0 Å². The van der Waals surface area contributed by atoms with E-state index in [-0.39, 0.29) is 21.9 Å². The highest BCUT2D eigenvalue weighted by Crippen LogP contribution is 2.51. The molecule has 0 radical (unpaired) electrons. The molecule has 2 heterocycles. The molecular formula is C48H48O2Si. The Morgan fingerprint density at radius 2 is 0.863 bits per heavy atom. The number of hydrogen-bond acceptors (Lipinski definition) is 2. The number of hydrogen-bond donors (Lipinski definition) is 0. The van der Waals surface area contributed by atoms with E-state index < -0.39 is 9.52 Å². The van der Waals surface area contributed by atoms with E-state index in [1.165, 1.54) is 66.8 Å². The summed E-state index contributed by atoms with van der Waals surface area (Å²) in [6.07, 6.45) is 4.86. The lowest BCUT2D eigenvalue weighted by atomic mass is 9.86. The minimum Gasteiger partial charge on any atom is -0.462 e. The Labute approximate surface area is 305 Å². The molecule has 3 heteroatoms. The van der Waals surface area contributed by atoms with E-state index in [0.717, 1.165) is 23.0 Å². The molecule has 256 valence electrons. The second kappa shape index (κ2) is 12.4. The Morgan fingerprint density at radius 1 is 0.471 bits per heavy atom. The summed E-state index contributed by atoms with van der Waals surface area (Å²) in [5.74, 6) is 3.86. The summed E-state index contributed by atoms with van der Waals surface area (Å²) in [7, 11) is -0.916. The lowest BCUT2D eigenvalue weighted by Crippen LogP contribution is -2.17. The maximum atomic E-state index is 6.41. The summed E-state index contributed by atoms with van der Waals surface area (Å²) in [4.78, 5) is 0. The zero-order valence-corrected chi connectivity index (χ0v) is 32.6. The highest BCUT2D eigenvalue weighted by Gasteiger charge is 2.37. The molecule has 0 bridgehead atoms. The molecule has 0 saturated carbocycles. The summed E-state index contributed by atoms with van der Waals surface area (Å²) >= 11 is 0. The van der Waals surface area contributed by atoms with Gasteiger partial charge in [-0.05, 0) is 128 Å². The largest absolute Gasteiger partial charge is 0.462 e. The molecule has 0 aliphatic heterocycles. The molecule has 0 spiro atoms. The van der Waals surface area contributed by atoms with Crippen molar-refractivity contribution in [1.82, 2.24) is 0 Å². The van der Waals surface area contributed by atoms with Gasteiger partial charge in [0.1, 0.15) is 23.0 Å². The van der Waals surface area contributed by atoms with Crippen LogP contribution in [0.15, 0.2) is 118 Å². The molecule has 8 rings (SSSR count). The summed E-state index contributed by atoms with van der Waals surface area (Å²) in [6.45, 7) is 17.7. The smallest absolute Gasteiger partial charge is 0.130 e. The lowest BCUT2D eigenvalue weighted by molar-refractivity contribution is 0.520. The number of fused-ring (bicyclic) bond motifs is 2. The first-order valence-corrected chi connectivity index (χ1v) is 20.0. The van der Waals surface area contributed by atoms with Gasteiger partial charge in [0.05, 0.1) is 0 Å². The second-order valence-corrected chi connectivity index (χ2v) is 18.7. The standard InChI is InChI=1S/C48H48O2Si/c1-29-15-25-43(49-29)41-27-39-35(31-17-21-33(22-18-31)47(3,4)5)11-9-13-37(39)45(41)51-46-38-14-10-12-36(32-19-23-34(24-20-32)48(6,7)8)40(38)28-42(46)44-26-16-30(2)50-44/h9-28,45-46H,51H2,1-8H3. The van der Waals surface area contributed by atoms with Crippen LogP contribution in [0.25, 0.3) is 45.6 Å². The maximum absolute atomic E-state index is 6.41. The third-order valence-electron chi connectivity index (χ3n) is 11.0. The van der Waals surface area contributed by atoms with Crippen LogP contribution in [0, 0.1) is 13.8 Å². The summed E-state index contributed by atoms with van der Waals surface area (Å²) in [5, 5.41) is 0. The van der Waals surface area contributed by atoms with Gasteiger partial charge in [-0.25, -0.2) is 0 Å². The molecule has 6 aromatic rings. The molecule has 0 saturated heterocycles. The average Bonchev–Trinajstić information content (AvgIpc) is 3.90. The van der Waals surface area contributed by atoms with E-state index in [1.54, 1.807) is 0 Å². The number of benzene rings is 4. The topological polar surface area (TPSA) is 26.3 Å². The van der Waals surface area contributed by atoms with E-state index in [1.807, 2.05) is 13.8 Å². The Bertz CT molecular complexity index is 2150. The monoisotopic (exact) mass is 684 g/mol. The first kappa shape index (κ1) is 33.3. The van der Waals surface area contributed by atoms with Crippen molar-refractivity contribution < 1.29 is 8.83 Å². The van der Waals surface area contributed by atoms with Gasteiger partial charge < -0.3 is 8.83 Å². The summed E-state index contributed by atoms with van der Waals surface area (Å²) < 4.78 is 12.8. The molecule has 4 aromatic carbocycles. The van der Waals surface area contributed by atoms with Gasteiger partial charge in [-0.1, -0.05) is 126 Å². The predicted octanol–water partition coefficient (Wildman–Crippen LogP) is 12.5. The molecule has 2 nitrogen and oxygen atoms in total. The van der Waals surface area contributed by atoms with Gasteiger partial charge in [0.2, 0.25) is 0 Å². The Balaban J connectivity index is 1.24. The highest BCUT2D eigenvalue weighted by molar-refractivity contribution is 6.49. The van der Waals surface area contributed by atoms with Gasteiger partial charge in [-0.2, -0.15) is 0 Å². The third kappa shape index (κ3) is 6.12. The molecule has 51 heavy (non-hydrogen) atoms. The van der Waals surface area contributed by atoms with Crippen LogP contribution >= 0.6 is 0 Å². The van der Waals surface area contributed by atoms with Gasteiger partial charge in [0, 0.05) is 20.6 Å². The molecule has 2 unspecified atom stereocenters. The van der Waals surface area contributed by atoms with E-state index in [4.69, 9.17) is 8.83 Å². The van der Waals surface area contributed by atoms with Crippen molar-refractivity contribution in [2.24, 2.45) is 0 Å². The summed E-state index contributed by atoms with van der Waals surface area (Å²) in [5.41, 5.74) is 16.7. The van der Waals surface area contributed by atoms with Crippen molar-refractivity contribution in [3.8, 4) is 22.3 Å². The summed E-state index contributed by atoms with van der Waals surface area (Å²) in [6, 6.07) is 40.7. The zero-order chi connectivity index (χ0) is 35.7. The first-order valence-electron chi connectivity index (χ1n) is 18.4.